The second-order valence-electron chi connectivity index (χ2n) is 7.40. The van der Waals surface area contributed by atoms with Crippen molar-refractivity contribution in [1.82, 2.24) is 4.90 Å². The lowest BCUT2D eigenvalue weighted by Gasteiger charge is -2.47. The summed E-state index contributed by atoms with van der Waals surface area (Å²) in [5.41, 5.74) is 0.206. The van der Waals surface area contributed by atoms with Crippen molar-refractivity contribution in [3.8, 4) is 0 Å². The van der Waals surface area contributed by atoms with Gasteiger partial charge in [-0.1, -0.05) is 27.2 Å². The summed E-state index contributed by atoms with van der Waals surface area (Å²) in [6, 6.07) is 0.245. The number of amides is 1. The van der Waals surface area contributed by atoms with Gasteiger partial charge in [0.05, 0.1) is 6.10 Å². The molecule has 2 fully saturated rings. The van der Waals surface area contributed by atoms with Gasteiger partial charge in [0, 0.05) is 19.0 Å². The molecular weight excluding hydrogens is 238 g/mol. The van der Waals surface area contributed by atoms with Crippen molar-refractivity contribution in [3.63, 3.8) is 0 Å². The Hall–Kier alpha value is -0.570. The average Bonchev–Trinajstić information content (AvgIpc) is 2.52. The predicted octanol–water partition coefficient (Wildman–Crippen LogP) is 2.96. The van der Waals surface area contributed by atoms with Crippen molar-refractivity contribution in [2.45, 2.75) is 77.9 Å². The van der Waals surface area contributed by atoms with E-state index < -0.39 is 0 Å². The first-order valence-electron chi connectivity index (χ1n) is 7.87. The van der Waals surface area contributed by atoms with E-state index in [-0.39, 0.29) is 17.6 Å². The number of aliphatic hydroxyl groups is 1. The Morgan fingerprint density at radius 3 is 2.58 bits per heavy atom. The molecule has 0 radical (unpaired) electrons. The van der Waals surface area contributed by atoms with Gasteiger partial charge in [0.1, 0.15) is 0 Å². The monoisotopic (exact) mass is 267 g/mol. The third-order valence-corrected chi connectivity index (χ3v) is 4.91. The Morgan fingerprint density at radius 1 is 1.16 bits per heavy atom. The molecule has 1 saturated carbocycles. The van der Waals surface area contributed by atoms with E-state index in [2.05, 4.69) is 25.7 Å². The van der Waals surface area contributed by atoms with Gasteiger partial charge >= 0.3 is 0 Å². The molecule has 0 spiro atoms. The van der Waals surface area contributed by atoms with Crippen LogP contribution in [0.15, 0.2) is 0 Å². The van der Waals surface area contributed by atoms with Crippen LogP contribution in [0.3, 0.4) is 0 Å². The number of aliphatic hydroxyl groups excluding tert-OH is 1. The standard InChI is InChI=1S/C16H29NO2/c1-16(2,3)13-9-8-12(18)11-14(13)17-10-6-4-5-7-15(17)19/h12-14,18H,4-11H2,1-3H3. The molecule has 1 amide bonds. The first-order valence-corrected chi connectivity index (χ1v) is 7.87. The van der Waals surface area contributed by atoms with Gasteiger partial charge in [0.2, 0.25) is 5.91 Å². The number of likely N-dealkylation sites (tertiary alicyclic amines) is 1. The topological polar surface area (TPSA) is 40.5 Å². The summed E-state index contributed by atoms with van der Waals surface area (Å²) < 4.78 is 0. The number of carbonyl (C=O) groups is 1. The highest BCUT2D eigenvalue weighted by Crippen LogP contribution is 2.41. The summed E-state index contributed by atoms with van der Waals surface area (Å²) in [6.07, 6.45) is 6.49. The van der Waals surface area contributed by atoms with Crippen molar-refractivity contribution in [1.29, 1.82) is 0 Å². The summed E-state index contributed by atoms with van der Waals surface area (Å²) in [6.45, 7) is 7.70. The molecule has 0 bridgehead atoms. The van der Waals surface area contributed by atoms with E-state index in [0.717, 1.165) is 45.1 Å². The Bertz CT molecular complexity index is 321. The van der Waals surface area contributed by atoms with Crippen molar-refractivity contribution in [2.75, 3.05) is 6.54 Å². The molecule has 2 rings (SSSR count). The summed E-state index contributed by atoms with van der Waals surface area (Å²) in [7, 11) is 0. The number of carbonyl (C=O) groups excluding carboxylic acids is 1. The van der Waals surface area contributed by atoms with Crippen molar-refractivity contribution >= 4 is 5.91 Å². The molecule has 0 aromatic heterocycles. The maximum Gasteiger partial charge on any atom is 0.222 e. The molecule has 3 heteroatoms. The normalized spacial score (nSPS) is 34.2. The first kappa shape index (κ1) is 14.8. The maximum atomic E-state index is 12.3. The minimum Gasteiger partial charge on any atom is -0.393 e. The second kappa shape index (κ2) is 5.82. The van der Waals surface area contributed by atoms with Crippen molar-refractivity contribution in [2.24, 2.45) is 11.3 Å². The van der Waals surface area contributed by atoms with E-state index in [9.17, 15) is 9.90 Å². The fourth-order valence-corrected chi connectivity index (χ4v) is 3.83. The van der Waals surface area contributed by atoms with Crippen LogP contribution >= 0.6 is 0 Å². The van der Waals surface area contributed by atoms with Gasteiger partial charge in [-0.25, -0.2) is 0 Å². The Labute approximate surface area is 117 Å². The Balaban J connectivity index is 2.18. The zero-order chi connectivity index (χ0) is 14.0. The fraction of sp³-hybridized carbons (Fsp3) is 0.938. The van der Waals surface area contributed by atoms with Gasteiger partial charge in [-0.2, -0.15) is 0 Å². The highest BCUT2D eigenvalue weighted by molar-refractivity contribution is 5.76. The van der Waals surface area contributed by atoms with Crippen LogP contribution in [0.1, 0.15) is 65.7 Å². The van der Waals surface area contributed by atoms with Crippen LogP contribution in [0.2, 0.25) is 0 Å². The molecule has 1 aliphatic heterocycles. The molecule has 3 atom stereocenters. The van der Waals surface area contributed by atoms with E-state index >= 15 is 0 Å². The number of rotatable bonds is 1. The van der Waals surface area contributed by atoms with Gasteiger partial charge in [-0.3, -0.25) is 4.79 Å². The van der Waals surface area contributed by atoms with E-state index in [0.29, 0.717) is 18.2 Å². The summed E-state index contributed by atoms with van der Waals surface area (Å²) in [5, 5.41) is 10.0. The summed E-state index contributed by atoms with van der Waals surface area (Å²) in [4.78, 5) is 14.4. The van der Waals surface area contributed by atoms with Crippen molar-refractivity contribution in [3.05, 3.63) is 0 Å². The molecule has 3 nitrogen and oxygen atoms in total. The zero-order valence-corrected chi connectivity index (χ0v) is 12.7. The van der Waals surface area contributed by atoms with Crippen LogP contribution in [-0.4, -0.2) is 34.6 Å². The van der Waals surface area contributed by atoms with E-state index in [1.807, 2.05) is 0 Å². The summed E-state index contributed by atoms with van der Waals surface area (Å²) >= 11 is 0. The quantitative estimate of drug-likeness (QED) is 0.793. The molecule has 1 N–H and O–H groups in total. The van der Waals surface area contributed by atoms with Crippen LogP contribution < -0.4 is 0 Å². The van der Waals surface area contributed by atoms with E-state index in [1.165, 1.54) is 0 Å². The van der Waals surface area contributed by atoms with Gasteiger partial charge < -0.3 is 10.0 Å². The third kappa shape index (κ3) is 3.50. The van der Waals surface area contributed by atoms with Crippen LogP contribution in [0.25, 0.3) is 0 Å². The van der Waals surface area contributed by atoms with E-state index in [4.69, 9.17) is 0 Å². The van der Waals surface area contributed by atoms with Gasteiger partial charge in [0.25, 0.3) is 0 Å². The highest BCUT2D eigenvalue weighted by Gasteiger charge is 2.41. The maximum absolute atomic E-state index is 12.3. The average molecular weight is 267 g/mol. The van der Waals surface area contributed by atoms with Gasteiger partial charge in [0.15, 0.2) is 0 Å². The molecule has 3 unspecified atom stereocenters. The lowest BCUT2D eigenvalue weighted by Crippen LogP contribution is -2.51. The highest BCUT2D eigenvalue weighted by atomic mass is 16.3. The molecule has 19 heavy (non-hydrogen) atoms. The fourth-order valence-electron chi connectivity index (χ4n) is 3.83. The molecule has 1 saturated heterocycles. The molecule has 0 aromatic rings. The predicted molar refractivity (Wildman–Crippen MR) is 76.8 cm³/mol. The Morgan fingerprint density at radius 2 is 1.89 bits per heavy atom. The minimum absolute atomic E-state index is 0.206. The minimum atomic E-state index is -0.223. The van der Waals surface area contributed by atoms with Gasteiger partial charge in [-0.15, -0.1) is 0 Å². The zero-order valence-electron chi connectivity index (χ0n) is 12.7. The molecular formula is C16H29NO2. The number of hydrogen-bond acceptors (Lipinski definition) is 2. The second-order valence-corrected chi connectivity index (χ2v) is 7.40. The smallest absolute Gasteiger partial charge is 0.222 e. The van der Waals surface area contributed by atoms with Crippen LogP contribution in [0, 0.1) is 11.3 Å². The van der Waals surface area contributed by atoms with Crippen molar-refractivity contribution < 1.29 is 9.90 Å². The summed E-state index contributed by atoms with van der Waals surface area (Å²) in [5.74, 6) is 0.823. The lowest BCUT2D eigenvalue weighted by atomic mass is 9.68. The largest absolute Gasteiger partial charge is 0.393 e. The van der Waals surface area contributed by atoms with Crippen LogP contribution in [0.4, 0.5) is 0 Å². The van der Waals surface area contributed by atoms with Gasteiger partial charge in [-0.05, 0) is 43.4 Å². The molecule has 2 aliphatic rings. The van der Waals surface area contributed by atoms with E-state index in [1.54, 1.807) is 0 Å². The molecule has 0 aromatic carbocycles. The lowest BCUT2D eigenvalue weighted by molar-refractivity contribution is -0.137. The number of hydrogen-bond donors (Lipinski definition) is 1. The molecule has 1 aliphatic carbocycles. The Kier molecular flexibility index (Phi) is 4.54. The number of nitrogens with zero attached hydrogens (tertiary/aromatic N) is 1. The third-order valence-electron chi connectivity index (χ3n) is 4.91. The molecule has 110 valence electrons. The molecule has 1 heterocycles. The van der Waals surface area contributed by atoms with Crippen LogP contribution in [0.5, 0.6) is 0 Å². The van der Waals surface area contributed by atoms with Crippen LogP contribution in [-0.2, 0) is 4.79 Å². The SMILES string of the molecule is CC(C)(C)C1CCC(O)CC1N1CCCCCC1=O. The first-order chi connectivity index (χ1) is 8.89.